The van der Waals surface area contributed by atoms with Crippen molar-refractivity contribution in [1.29, 1.82) is 0 Å². The smallest absolute Gasteiger partial charge is 0.134 e. The highest BCUT2D eigenvalue weighted by atomic mass is 16.5. The summed E-state index contributed by atoms with van der Waals surface area (Å²) >= 11 is 0. The normalized spacial score (nSPS) is 10.5. The predicted molar refractivity (Wildman–Crippen MR) is 72.1 cm³/mol. The Kier molecular flexibility index (Phi) is 3.25. The van der Waals surface area contributed by atoms with E-state index in [2.05, 4.69) is 10.4 Å². The molecule has 0 amide bonds. The number of nitrogen functional groups attached to an aromatic ring is 1. The monoisotopic (exact) mass is 247 g/mol. The maximum absolute atomic E-state index is 5.62. The van der Waals surface area contributed by atoms with E-state index in [-0.39, 0.29) is 0 Å². The zero-order valence-electron chi connectivity index (χ0n) is 11.0. The van der Waals surface area contributed by atoms with Gasteiger partial charge in [-0.05, 0) is 19.4 Å². The Balaban J connectivity index is 2.90. The topological polar surface area (TPSA) is 69.4 Å². The molecule has 18 heavy (non-hydrogen) atoms. The van der Waals surface area contributed by atoms with Crippen molar-refractivity contribution in [2.75, 3.05) is 19.6 Å². The number of hydrogen-bond donors (Lipinski definition) is 2. The molecular weight excluding hydrogens is 230 g/mol. The van der Waals surface area contributed by atoms with E-state index in [1.807, 2.05) is 26.0 Å². The lowest BCUT2D eigenvalue weighted by Gasteiger charge is -2.15. The van der Waals surface area contributed by atoms with Crippen molar-refractivity contribution >= 4 is 16.6 Å². The first kappa shape index (κ1) is 12.4. The molecule has 5 nitrogen and oxygen atoms in total. The van der Waals surface area contributed by atoms with Crippen molar-refractivity contribution in [3.05, 3.63) is 23.4 Å². The Morgan fingerprint density at radius 2 is 1.89 bits per heavy atom. The van der Waals surface area contributed by atoms with Crippen LogP contribution in [0.15, 0.2) is 12.1 Å². The minimum absolute atomic E-state index is 0.688. The molecule has 96 valence electrons. The number of methoxy groups -OCH3 is 2. The second-order valence-electron chi connectivity index (χ2n) is 4.07. The van der Waals surface area contributed by atoms with Crippen LogP contribution >= 0.6 is 0 Å². The number of nitrogens with zero attached hydrogens (tertiary/aromatic N) is 1. The highest BCUT2D eigenvalue weighted by Gasteiger charge is 2.14. The molecule has 0 saturated carbocycles. The van der Waals surface area contributed by atoms with E-state index in [1.54, 1.807) is 14.2 Å². The highest BCUT2D eigenvalue weighted by Crippen LogP contribution is 2.37. The minimum atomic E-state index is 0.688. The summed E-state index contributed by atoms with van der Waals surface area (Å²) in [7, 11) is 3.23. The summed E-state index contributed by atoms with van der Waals surface area (Å²) in [6.07, 6.45) is 0. The number of ether oxygens (including phenoxy) is 2. The quantitative estimate of drug-likeness (QED) is 0.642. The molecule has 0 aliphatic rings. The number of nitrogens with one attached hydrogen (secondary N) is 1. The van der Waals surface area contributed by atoms with E-state index < -0.39 is 0 Å². The molecule has 0 bridgehead atoms. The number of benzene rings is 1. The van der Waals surface area contributed by atoms with Crippen LogP contribution in [0.2, 0.25) is 0 Å². The van der Waals surface area contributed by atoms with Crippen molar-refractivity contribution in [3.8, 4) is 11.5 Å². The third kappa shape index (κ3) is 1.82. The van der Waals surface area contributed by atoms with Gasteiger partial charge < -0.3 is 14.9 Å². The molecule has 0 aliphatic heterocycles. The maximum Gasteiger partial charge on any atom is 0.134 e. The third-order valence-corrected chi connectivity index (χ3v) is 3.11. The first-order valence-electron chi connectivity index (χ1n) is 5.62. The molecule has 5 heteroatoms. The number of rotatable bonds is 3. The average molecular weight is 247 g/mol. The minimum Gasteiger partial charge on any atom is -0.497 e. The number of aromatic nitrogens is 1. The van der Waals surface area contributed by atoms with Crippen LogP contribution in [0.25, 0.3) is 10.9 Å². The lowest BCUT2D eigenvalue weighted by molar-refractivity contribution is 0.398. The van der Waals surface area contributed by atoms with Crippen molar-refractivity contribution in [2.24, 2.45) is 5.84 Å². The van der Waals surface area contributed by atoms with Gasteiger partial charge in [0, 0.05) is 17.8 Å². The lowest BCUT2D eigenvalue weighted by Crippen LogP contribution is -2.11. The summed E-state index contributed by atoms with van der Waals surface area (Å²) in [4.78, 5) is 4.55. The fraction of sp³-hybridized carbons (Fsp3) is 0.308. The second-order valence-corrected chi connectivity index (χ2v) is 4.07. The summed E-state index contributed by atoms with van der Waals surface area (Å²) in [5.74, 6) is 7.01. The van der Waals surface area contributed by atoms with Crippen LogP contribution in [-0.4, -0.2) is 19.2 Å². The van der Waals surface area contributed by atoms with Crippen LogP contribution in [-0.2, 0) is 0 Å². The molecule has 0 atom stereocenters. The summed E-state index contributed by atoms with van der Waals surface area (Å²) < 4.78 is 10.6. The predicted octanol–water partition coefficient (Wildman–Crippen LogP) is 2.15. The largest absolute Gasteiger partial charge is 0.497 e. The summed E-state index contributed by atoms with van der Waals surface area (Å²) in [6.45, 7) is 3.92. The van der Waals surface area contributed by atoms with Crippen molar-refractivity contribution in [3.63, 3.8) is 0 Å². The molecule has 0 aliphatic carbocycles. The third-order valence-electron chi connectivity index (χ3n) is 3.11. The van der Waals surface area contributed by atoms with Crippen molar-refractivity contribution in [1.82, 2.24) is 4.98 Å². The van der Waals surface area contributed by atoms with Gasteiger partial charge in [-0.1, -0.05) is 0 Å². The molecule has 3 N–H and O–H groups in total. The fourth-order valence-corrected chi connectivity index (χ4v) is 2.01. The van der Waals surface area contributed by atoms with Gasteiger partial charge in [-0.25, -0.2) is 0 Å². The lowest BCUT2D eigenvalue weighted by atomic mass is 10.1. The first-order chi connectivity index (χ1) is 8.62. The van der Waals surface area contributed by atoms with Crippen LogP contribution in [0.4, 0.5) is 5.69 Å². The van der Waals surface area contributed by atoms with Gasteiger partial charge in [0.15, 0.2) is 0 Å². The number of nitrogens with two attached hydrogens (primary N) is 1. The van der Waals surface area contributed by atoms with Crippen molar-refractivity contribution in [2.45, 2.75) is 13.8 Å². The molecule has 0 fully saturated rings. The summed E-state index contributed by atoms with van der Waals surface area (Å²) in [5.41, 5.74) is 6.28. The fourth-order valence-electron chi connectivity index (χ4n) is 2.01. The SMILES string of the molecule is COc1cc(OC)c2c(NN)c(C)c(C)nc2c1. The maximum atomic E-state index is 5.62. The Morgan fingerprint density at radius 1 is 1.17 bits per heavy atom. The van der Waals surface area contributed by atoms with E-state index in [1.165, 1.54) is 0 Å². The molecule has 0 saturated heterocycles. The van der Waals surface area contributed by atoms with E-state index in [0.29, 0.717) is 11.5 Å². The number of aryl methyl sites for hydroxylation is 1. The van der Waals surface area contributed by atoms with Crippen LogP contribution in [0, 0.1) is 13.8 Å². The Hall–Kier alpha value is -2.01. The van der Waals surface area contributed by atoms with Crippen LogP contribution < -0.4 is 20.7 Å². The molecule has 0 unspecified atom stereocenters. The highest BCUT2D eigenvalue weighted by molar-refractivity contribution is 5.99. The average Bonchev–Trinajstić information content (AvgIpc) is 2.39. The zero-order valence-corrected chi connectivity index (χ0v) is 11.0. The van der Waals surface area contributed by atoms with Gasteiger partial charge in [0.2, 0.25) is 0 Å². The van der Waals surface area contributed by atoms with E-state index >= 15 is 0 Å². The van der Waals surface area contributed by atoms with E-state index in [0.717, 1.165) is 27.8 Å². The number of pyridine rings is 1. The van der Waals surface area contributed by atoms with E-state index in [9.17, 15) is 0 Å². The molecule has 1 heterocycles. The molecule has 1 aromatic heterocycles. The number of fused-ring (bicyclic) bond motifs is 1. The van der Waals surface area contributed by atoms with Crippen LogP contribution in [0.1, 0.15) is 11.3 Å². The molecule has 0 radical (unpaired) electrons. The van der Waals surface area contributed by atoms with Gasteiger partial charge in [-0.3, -0.25) is 10.8 Å². The van der Waals surface area contributed by atoms with Gasteiger partial charge in [0.05, 0.1) is 30.8 Å². The standard InChI is InChI=1S/C13H17N3O2/c1-7-8(2)15-10-5-9(17-3)6-11(18-4)12(10)13(7)16-14/h5-6H,14H2,1-4H3,(H,15,16). The Morgan fingerprint density at radius 3 is 2.44 bits per heavy atom. The number of anilines is 1. The molecule has 2 rings (SSSR count). The van der Waals surface area contributed by atoms with Gasteiger partial charge in [0.1, 0.15) is 11.5 Å². The first-order valence-corrected chi connectivity index (χ1v) is 5.62. The molecule has 2 aromatic rings. The van der Waals surface area contributed by atoms with Gasteiger partial charge in [0.25, 0.3) is 0 Å². The Bertz CT molecular complexity index is 597. The second kappa shape index (κ2) is 4.70. The molecular formula is C13H17N3O2. The van der Waals surface area contributed by atoms with Crippen molar-refractivity contribution < 1.29 is 9.47 Å². The zero-order chi connectivity index (χ0) is 13.3. The van der Waals surface area contributed by atoms with Gasteiger partial charge >= 0.3 is 0 Å². The molecule has 1 aromatic carbocycles. The molecule has 0 spiro atoms. The summed E-state index contributed by atoms with van der Waals surface area (Å²) in [6, 6.07) is 3.69. The Labute approximate surface area is 106 Å². The summed E-state index contributed by atoms with van der Waals surface area (Å²) in [5, 5.41) is 0.865. The number of hydrogen-bond acceptors (Lipinski definition) is 5. The number of hydrazine groups is 1. The van der Waals surface area contributed by atoms with Crippen LogP contribution in [0.5, 0.6) is 11.5 Å². The van der Waals surface area contributed by atoms with Gasteiger partial charge in [-0.2, -0.15) is 0 Å². The van der Waals surface area contributed by atoms with Gasteiger partial charge in [-0.15, -0.1) is 0 Å². The van der Waals surface area contributed by atoms with E-state index in [4.69, 9.17) is 15.3 Å². The van der Waals surface area contributed by atoms with Crippen LogP contribution in [0.3, 0.4) is 0 Å².